The van der Waals surface area contributed by atoms with Crippen molar-refractivity contribution < 1.29 is 9.13 Å². The van der Waals surface area contributed by atoms with Crippen LogP contribution in [0.15, 0.2) is 53.5 Å². The lowest BCUT2D eigenvalue weighted by molar-refractivity contribution is 0.406. The number of benzene rings is 2. The van der Waals surface area contributed by atoms with Gasteiger partial charge in [0.1, 0.15) is 11.6 Å². The predicted molar refractivity (Wildman–Crippen MR) is 101 cm³/mol. The fourth-order valence-electron chi connectivity index (χ4n) is 2.67. The maximum atomic E-state index is 13.2. The number of hydrogen-bond donors (Lipinski definition) is 2. The van der Waals surface area contributed by atoms with Gasteiger partial charge in [-0.1, -0.05) is 37.3 Å². The minimum Gasteiger partial charge on any atom is -0.496 e. The molecular formula is C20H26FN3O. The molecule has 25 heavy (non-hydrogen) atoms. The second kappa shape index (κ2) is 9.67. The van der Waals surface area contributed by atoms with E-state index >= 15 is 0 Å². The van der Waals surface area contributed by atoms with Crippen molar-refractivity contribution in [1.82, 2.24) is 10.6 Å². The smallest absolute Gasteiger partial charge is 0.191 e. The normalized spacial score (nSPS) is 12.6. The number of nitrogens with one attached hydrogen (secondary N) is 2. The molecule has 5 heteroatoms. The molecule has 2 rings (SSSR count). The number of ether oxygens (including phenoxy) is 1. The van der Waals surface area contributed by atoms with Gasteiger partial charge in [0.25, 0.3) is 0 Å². The molecule has 0 fully saturated rings. The highest BCUT2D eigenvalue weighted by Gasteiger charge is 2.11. The van der Waals surface area contributed by atoms with Gasteiger partial charge < -0.3 is 15.4 Å². The molecule has 0 aliphatic carbocycles. The monoisotopic (exact) mass is 343 g/mol. The van der Waals surface area contributed by atoms with Crippen LogP contribution in [0.2, 0.25) is 0 Å². The number of aliphatic imine (C=N–C) groups is 1. The van der Waals surface area contributed by atoms with Gasteiger partial charge >= 0.3 is 0 Å². The molecule has 4 nitrogen and oxygen atoms in total. The lowest BCUT2D eigenvalue weighted by Crippen LogP contribution is -2.39. The molecule has 2 aromatic rings. The second-order valence-corrected chi connectivity index (χ2v) is 5.90. The summed E-state index contributed by atoms with van der Waals surface area (Å²) in [6.07, 6.45) is 0.737. The first-order valence-corrected chi connectivity index (χ1v) is 8.46. The summed E-state index contributed by atoms with van der Waals surface area (Å²) in [6.45, 7) is 3.57. The number of para-hydroxylation sites is 1. The minimum absolute atomic E-state index is 0.203. The van der Waals surface area contributed by atoms with E-state index in [4.69, 9.17) is 4.74 Å². The summed E-state index contributed by atoms with van der Waals surface area (Å²) in [5.41, 5.74) is 2.12. The van der Waals surface area contributed by atoms with Crippen molar-refractivity contribution >= 4 is 5.96 Å². The highest BCUT2D eigenvalue weighted by molar-refractivity contribution is 5.79. The van der Waals surface area contributed by atoms with Crippen LogP contribution < -0.4 is 15.4 Å². The van der Waals surface area contributed by atoms with Crippen LogP contribution in [0.25, 0.3) is 0 Å². The van der Waals surface area contributed by atoms with Gasteiger partial charge in [-0.05, 0) is 35.7 Å². The van der Waals surface area contributed by atoms with Gasteiger partial charge in [-0.2, -0.15) is 0 Å². The lowest BCUT2D eigenvalue weighted by Gasteiger charge is -2.18. The van der Waals surface area contributed by atoms with Gasteiger partial charge in [0.2, 0.25) is 0 Å². The Kier molecular flexibility index (Phi) is 7.26. The van der Waals surface area contributed by atoms with Gasteiger partial charge in [-0.15, -0.1) is 0 Å². The Labute approximate surface area is 149 Å². The molecule has 1 atom stereocenters. The van der Waals surface area contributed by atoms with Crippen LogP contribution in [-0.4, -0.2) is 33.2 Å². The molecule has 0 saturated carbocycles. The van der Waals surface area contributed by atoms with E-state index in [1.54, 1.807) is 26.3 Å². The fraction of sp³-hybridized carbons (Fsp3) is 0.350. The van der Waals surface area contributed by atoms with E-state index in [0.717, 1.165) is 35.8 Å². The van der Waals surface area contributed by atoms with Crippen LogP contribution in [-0.2, 0) is 6.42 Å². The van der Waals surface area contributed by atoms with E-state index < -0.39 is 0 Å². The van der Waals surface area contributed by atoms with Gasteiger partial charge in [0.15, 0.2) is 5.96 Å². The number of guanidine groups is 1. The van der Waals surface area contributed by atoms with Crippen LogP contribution in [0.4, 0.5) is 4.39 Å². The van der Waals surface area contributed by atoms with Crippen molar-refractivity contribution in [3.05, 3.63) is 65.5 Å². The number of methoxy groups -OCH3 is 1. The van der Waals surface area contributed by atoms with E-state index in [1.165, 1.54) is 6.07 Å². The second-order valence-electron chi connectivity index (χ2n) is 5.90. The van der Waals surface area contributed by atoms with E-state index in [9.17, 15) is 4.39 Å². The molecule has 0 bridgehead atoms. The number of nitrogens with zero attached hydrogens (tertiary/aromatic N) is 1. The average molecular weight is 343 g/mol. The Bertz CT molecular complexity index is 703. The standard InChI is InChI=1S/C20H26FN3O/c1-15(18-9-4-5-10-19(18)25-3)14-24-20(22-2)23-12-11-16-7-6-8-17(21)13-16/h4-10,13,15H,11-12,14H2,1-3H3,(H2,22,23,24). The van der Waals surface area contributed by atoms with E-state index in [-0.39, 0.29) is 11.7 Å². The first-order valence-electron chi connectivity index (χ1n) is 8.46. The van der Waals surface area contributed by atoms with Crippen LogP contribution in [0, 0.1) is 5.82 Å². The molecule has 0 aliphatic heterocycles. The maximum Gasteiger partial charge on any atom is 0.191 e. The summed E-state index contributed by atoms with van der Waals surface area (Å²) < 4.78 is 18.6. The van der Waals surface area contributed by atoms with Crippen molar-refractivity contribution in [2.75, 3.05) is 27.2 Å². The van der Waals surface area contributed by atoms with Crippen molar-refractivity contribution in [1.29, 1.82) is 0 Å². The average Bonchev–Trinajstić information content (AvgIpc) is 2.64. The predicted octanol–water partition coefficient (Wildman–Crippen LogP) is 3.35. The largest absolute Gasteiger partial charge is 0.496 e. The maximum absolute atomic E-state index is 13.2. The Morgan fingerprint density at radius 3 is 2.68 bits per heavy atom. The van der Waals surface area contributed by atoms with Crippen molar-refractivity contribution in [2.24, 2.45) is 4.99 Å². The van der Waals surface area contributed by atoms with E-state index in [0.29, 0.717) is 6.54 Å². The Hall–Kier alpha value is -2.56. The van der Waals surface area contributed by atoms with E-state index in [2.05, 4.69) is 28.6 Å². The molecule has 2 aromatic carbocycles. The molecule has 134 valence electrons. The topological polar surface area (TPSA) is 45.7 Å². The third-order valence-electron chi connectivity index (χ3n) is 4.06. The molecule has 2 N–H and O–H groups in total. The van der Waals surface area contributed by atoms with Crippen LogP contribution in [0.3, 0.4) is 0 Å². The summed E-state index contributed by atoms with van der Waals surface area (Å²) >= 11 is 0. The SMILES string of the molecule is CN=C(NCCc1cccc(F)c1)NCC(C)c1ccccc1OC. The minimum atomic E-state index is -0.203. The fourth-order valence-corrected chi connectivity index (χ4v) is 2.67. The number of halogens is 1. The first kappa shape index (κ1) is 18.8. The highest BCUT2D eigenvalue weighted by atomic mass is 19.1. The van der Waals surface area contributed by atoms with Crippen molar-refractivity contribution in [2.45, 2.75) is 19.3 Å². The number of rotatable bonds is 7. The molecule has 0 saturated heterocycles. The molecule has 1 unspecified atom stereocenters. The van der Waals surface area contributed by atoms with Gasteiger partial charge in [-0.3, -0.25) is 4.99 Å². The zero-order valence-corrected chi connectivity index (χ0v) is 15.1. The summed E-state index contributed by atoms with van der Waals surface area (Å²) in [5, 5.41) is 6.58. The third kappa shape index (κ3) is 5.78. The third-order valence-corrected chi connectivity index (χ3v) is 4.06. The molecule has 0 spiro atoms. The lowest BCUT2D eigenvalue weighted by atomic mass is 10.0. The zero-order chi connectivity index (χ0) is 18.1. The van der Waals surface area contributed by atoms with Crippen molar-refractivity contribution in [3.63, 3.8) is 0 Å². The van der Waals surface area contributed by atoms with Gasteiger partial charge in [-0.25, -0.2) is 4.39 Å². The Morgan fingerprint density at radius 1 is 1.16 bits per heavy atom. The highest BCUT2D eigenvalue weighted by Crippen LogP contribution is 2.25. The van der Waals surface area contributed by atoms with Crippen LogP contribution >= 0.6 is 0 Å². The summed E-state index contributed by atoms with van der Waals surface area (Å²) in [4.78, 5) is 4.23. The van der Waals surface area contributed by atoms with Crippen LogP contribution in [0.5, 0.6) is 5.75 Å². The first-order chi connectivity index (χ1) is 12.1. The summed E-state index contributed by atoms with van der Waals surface area (Å²) in [6, 6.07) is 14.7. The Morgan fingerprint density at radius 2 is 1.96 bits per heavy atom. The molecule has 0 aliphatic rings. The molecule has 0 aromatic heterocycles. The number of hydrogen-bond acceptors (Lipinski definition) is 2. The molecule has 0 amide bonds. The quantitative estimate of drug-likeness (QED) is 0.599. The van der Waals surface area contributed by atoms with Gasteiger partial charge in [0, 0.05) is 26.1 Å². The van der Waals surface area contributed by atoms with Crippen molar-refractivity contribution in [3.8, 4) is 5.75 Å². The summed E-state index contributed by atoms with van der Waals surface area (Å²) in [7, 11) is 3.43. The van der Waals surface area contributed by atoms with Crippen LogP contribution in [0.1, 0.15) is 24.0 Å². The zero-order valence-electron chi connectivity index (χ0n) is 15.1. The van der Waals surface area contributed by atoms with Gasteiger partial charge in [0.05, 0.1) is 7.11 Å². The molecule has 0 heterocycles. The van der Waals surface area contributed by atoms with E-state index in [1.807, 2.05) is 24.3 Å². The molecular weight excluding hydrogens is 317 g/mol. The Balaban J connectivity index is 1.81. The molecule has 0 radical (unpaired) electrons. The summed E-state index contributed by atoms with van der Waals surface area (Å²) in [5.74, 6) is 1.70.